The first-order valence-electron chi connectivity index (χ1n) is 11.4. The van der Waals surface area contributed by atoms with Crippen LogP contribution in [0.2, 0.25) is 0 Å². The Kier molecular flexibility index (Phi) is 6.44. The molecule has 5 aromatic rings. The molecule has 3 N–H and O–H groups in total. The van der Waals surface area contributed by atoms with Crippen LogP contribution in [-0.2, 0) is 6.54 Å². The van der Waals surface area contributed by atoms with Crippen molar-refractivity contribution in [3.63, 3.8) is 0 Å². The summed E-state index contributed by atoms with van der Waals surface area (Å²) in [4.78, 5) is 21.9. The molecular formula is C27H24N6O3. The molecule has 0 bridgehead atoms. The lowest BCUT2D eigenvalue weighted by atomic mass is 10.1. The number of nitrogens with two attached hydrogens (primary N) is 1. The van der Waals surface area contributed by atoms with Crippen LogP contribution in [0.15, 0.2) is 85.2 Å². The van der Waals surface area contributed by atoms with Crippen molar-refractivity contribution in [3.8, 4) is 28.5 Å². The van der Waals surface area contributed by atoms with Gasteiger partial charge in [0.05, 0.1) is 6.61 Å². The number of aromatic nitrogens is 4. The predicted molar refractivity (Wildman–Crippen MR) is 136 cm³/mol. The van der Waals surface area contributed by atoms with Crippen molar-refractivity contribution in [2.24, 2.45) is 0 Å². The minimum atomic E-state index is -0.310. The largest absolute Gasteiger partial charge is 0.477 e. The number of ether oxygens (including phenoxy) is 2. The van der Waals surface area contributed by atoms with E-state index in [9.17, 15) is 4.79 Å². The van der Waals surface area contributed by atoms with Crippen LogP contribution in [0.1, 0.15) is 22.8 Å². The number of hydrogen-bond donors (Lipinski definition) is 2. The number of nitrogens with one attached hydrogen (secondary N) is 1. The molecule has 0 saturated heterocycles. The maximum atomic E-state index is 13.3. The number of rotatable bonds is 8. The lowest BCUT2D eigenvalue weighted by Crippen LogP contribution is -2.24. The first-order chi connectivity index (χ1) is 17.6. The number of fused-ring (bicyclic) bond motifs is 1. The fourth-order valence-corrected chi connectivity index (χ4v) is 3.74. The molecule has 0 atom stereocenters. The Morgan fingerprint density at radius 1 is 1.03 bits per heavy atom. The van der Waals surface area contributed by atoms with E-state index in [1.54, 1.807) is 23.0 Å². The quantitative estimate of drug-likeness (QED) is 0.336. The van der Waals surface area contributed by atoms with Crippen LogP contribution in [0.3, 0.4) is 0 Å². The van der Waals surface area contributed by atoms with Gasteiger partial charge in [-0.2, -0.15) is 4.98 Å². The second kappa shape index (κ2) is 10.1. The van der Waals surface area contributed by atoms with E-state index < -0.39 is 0 Å². The molecule has 0 unspecified atom stereocenters. The number of para-hydroxylation sites is 2. The van der Waals surface area contributed by atoms with Gasteiger partial charge in [0, 0.05) is 30.1 Å². The van der Waals surface area contributed by atoms with Crippen molar-refractivity contribution in [3.05, 3.63) is 96.3 Å². The molecule has 2 aromatic carbocycles. The van der Waals surface area contributed by atoms with Gasteiger partial charge in [-0.15, -0.1) is 5.10 Å². The average Bonchev–Trinajstić information content (AvgIpc) is 3.28. The number of benzene rings is 2. The molecule has 9 nitrogen and oxygen atoms in total. The number of pyridine rings is 2. The molecule has 9 heteroatoms. The van der Waals surface area contributed by atoms with E-state index in [-0.39, 0.29) is 24.3 Å². The summed E-state index contributed by atoms with van der Waals surface area (Å²) in [6, 6.07) is 22.5. The maximum Gasteiger partial charge on any atom is 0.257 e. The highest BCUT2D eigenvalue weighted by atomic mass is 16.5. The van der Waals surface area contributed by atoms with Crippen molar-refractivity contribution in [1.82, 2.24) is 24.9 Å². The van der Waals surface area contributed by atoms with Crippen LogP contribution in [0.25, 0.3) is 16.8 Å². The van der Waals surface area contributed by atoms with E-state index in [2.05, 4.69) is 20.4 Å². The molecule has 1 amide bonds. The fourth-order valence-electron chi connectivity index (χ4n) is 3.74. The van der Waals surface area contributed by atoms with Crippen molar-refractivity contribution in [2.45, 2.75) is 13.5 Å². The second-order valence-electron chi connectivity index (χ2n) is 7.90. The summed E-state index contributed by atoms with van der Waals surface area (Å²) in [6.07, 6.45) is 3.42. The zero-order chi connectivity index (χ0) is 24.9. The molecular weight excluding hydrogens is 456 g/mol. The molecule has 3 aromatic heterocycles. The SMILES string of the molecule is CCOc1ncc(-c2ccn3nc(N)nc3c2)cc1C(=O)NCc1ccccc1Oc1ccccc1. The maximum absolute atomic E-state index is 13.3. The molecule has 180 valence electrons. The van der Waals surface area contributed by atoms with E-state index in [0.29, 0.717) is 23.6 Å². The summed E-state index contributed by atoms with van der Waals surface area (Å²) in [5, 5.41) is 7.06. The van der Waals surface area contributed by atoms with E-state index in [4.69, 9.17) is 15.2 Å². The fraction of sp³-hybridized carbons (Fsp3) is 0.111. The number of hydrogen-bond acceptors (Lipinski definition) is 7. The van der Waals surface area contributed by atoms with Gasteiger partial charge in [-0.3, -0.25) is 4.79 Å². The van der Waals surface area contributed by atoms with Crippen LogP contribution >= 0.6 is 0 Å². The van der Waals surface area contributed by atoms with Gasteiger partial charge in [0.1, 0.15) is 17.1 Å². The molecule has 0 radical (unpaired) electrons. The number of amides is 1. The Morgan fingerprint density at radius 2 is 1.83 bits per heavy atom. The number of carbonyl (C=O) groups is 1. The lowest BCUT2D eigenvalue weighted by Gasteiger charge is -2.14. The molecule has 0 saturated carbocycles. The minimum Gasteiger partial charge on any atom is -0.477 e. The smallest absolute Gasteiger partial charge is 0.257 e. The Labute approximate surface area is 207 Å². The molecule has 0 fully saturated rings. The van der Waals surface area contributed by atoms with E-state index in [0.717, 1.165) is 22.4 Å². The van der Waals surface area contributed by atoms with Gasteiger partial charge < -0.3 is 20.5 Å². The van der Waals surface area contributed by atoms with Gasteiger partial charge in [0.15, 0.2) is 5.65 Å². The second-order valence-corrected chi connectivity index (χ2v) is 7.90. The minimum absolute atomic E-state index is 0.188. The van der Waals surface area contributed by atoms with E-state index >= 15 is 0 Å². The van der Waals surface area contributed by atoms with Crippen molar-refractivity contribution in [1.29, 1.82) is 0 Å². The summed E-state index contributed by atoms with van der Waals surface area (Å²) in [6.45, 7) is 2.49. The first-order valence-corrected chi connectivity index (χ1v) is 11.4. The third-order valence-corrected chi connectivity index (χ3v) is 5.45. The number of anilines is 1. The van der Waals surface area contributed by atoms with Gasteiger partial charge in [-0.1, -0.05) is 36.4 Å². The third kappa shape index (κ3) is 4.95. The molecule has 0 aliphatic heterocycles. The van der Waals surface area contributed by atoms with Crippen molar-refractivity contribution >= 4 is 17.5 Å². The number of carbonyl (C=O) groups excluding carboxylic acids is 1. The number of nitrogen functional groups attached to an aromatic ring is 1. The van der Waals surface area contributed by atoms with Crippen LogP contribution in [0, 0.1) is 0 Å². The molecule has 36 heavy (non-hydrogen) atoms. The van der Waals surface area contributed by atoms with E-state index in [1.807, 2.05) is 73.7 Å². The zero-order valence-corrected chi connectivity index (χ0v) is 19.6. The average molecular weight is 481 g/mol. The Bertz CT molecular complexity index is 1520. The lowest BCUT2D eigenvalue weighted by molar-refractivity contribution is 0.0946. The van der Waals surface area contributed by atoms with Gasteiger partial charge >= 0.3 is 0 Å². The Balaban J connectivity index is 1.39. The summed E-state index contributed by atoms with van der Waals surface area (Å²) in [5.74, 6) is 1.53. The molecule has 3 heterocycles. The highest BCUT2D eigenvalue weighted by molar-refractivity contribution is 5.97. The van der Waals surface area contributed by atoms with Crippen LogP contribution < -0.4 is 20.5 Å². The Hall–Kier alpha value is -4.92. The molecule has 0 aliphatic carbocycles. The van der Waals surface area contributed by atoms with Crippen LogP contribution in [-0.4, -0.2) is 32.1 Å². The highest BCUT2D eigenvalue weighted by Crippen LogP contribution is 2.27. The summed E-state index contributed by atoms with van der Waals surface area (Å²) >= 11 is 0. The van der Waals surface area contributed by atoms with Crippen LogP contribution in [0.4, 0.5) is 5.95 Å². The van der Waals surface area contributed by atoms with Crippen molar-refractivity contribution in [2.75, 3.05) is 12.3 Å². The monoisotopic (exact) mass is 480 g/mol. The van der Waals surface area contributed by atoms with Gasteiger partial charge in [0.2, 0.25) is 11.8 Å². The zero-order valence-electron chi connectivity index (χ0n) is 19.6. The van der Waals surface area contributed by atoms with Gasteiger partial charge in [-0.05, 0) is 48.9 Å². The predicted octanol–water partition coefficient (Wildman–Crippen LogP) is 4.49. The summed E-state index contributed by atoms with van der Waals surface area (Å²) in [5.41, 5.74) is 9.02. The van der Waals surface area contributed by atoms with Crippen molar-refractivity contribution < 1.29 is 14.3 Å². The molecule has 0 spiro atoms. The van der Waals surface area contributed by atoms with E-state index in [1.165, 1.54) is 0 Å². The van der Waals surface area contributed by atoms with Gasteiger partial charge in [-0.25, -0.2) is 9.50 Å². The first kappa shape index (κ1) is 22.9. The molecule has 5 rings (SSSR count). The highest BCUT2D eigenvalue weighted by Gasteiger charge is 2.17. The normalized spacial score (nSPS) is 10.8. The summed E-state index contributed by atoms with van der Waals surface area (Å²) in [7, 11) is 0. The number of nitrogens with zero attached hydrogens (tertiary/aromatic N) is 4. The van der Waals surface area contributed by atoms with Gasteiger partial charge in [0.25, 0.3) is 5.91 Å². The van der Waals surface area contributed by atoms with Crippen LogP contribution in [0.5, 0.6) is 17.4 Å². The Morgan fingerprint density at radius 3 is 2.67 bits per heavy atom. The third-order valence-electron chi connectivity index (χ3n) is 5.45. The topological polar surface area (TPSA) is 117 Å². The summed E-state index contributed by atoms with van der Waals surface area (Å²) < 4.78 is 13.2. The molecule has 0 aliphatic rings. The standard InChI is InChI=1S/C27H24N6O3/c1-2-35-26-22(14-20(17-30-26)18-12-13-33-24(15-18)31-27(28)32-33)25(34)29-16-19-8-6-7-11-23(19)36-21-9-4-3-5-10-21/h3-15,17H,2,16H2,1H3,(H2,28,32)(H,29,34).